The van der Waals surface area contributed by atoms with Crippen molar-refractivity contribution in [3.05, 3.63) is 0 Å². The Balaban J connectivity index is 2.59. The highest BCUT2D eigenvalue weighted by atomic mass is 16.7. The molecule has 0 spiro atoms. The van der Waals surface area contributed by atoms with Crippen LogP contribution in [0.3, 0.4) is 0 Å². The Labute approximate surface area is 108 Å². The number of hydrogen-bond donors (Lipinski definition) is 0. The summed E-state index contributed by atoms with van der Waals surface area (Å²) < 4.78 is 15.6. The highest BCUT2D eigenvalue weighted by Gasteiger charge is 2.38. The van der Waals surface area contributed by atoms with E-state index < -0.39 is 23.3 Å². The molecule has 18 heavy (non-hydrogen) atoms. The second-order valence-electron chi connectivity index (χ2n) is 5.59. The molecule has 0 N–H and O–H groups in total. The molecule has 0 aromatic rings. The van der Waals surface area contributed by atoms with E-state index in [2.05, 4.69) is 0 Å². The van der Waals surface area contributed by atoms with Crippen LogP contribution >= 0.6 is 0 Å². The third kappa shape index (κ3) is 3.70. The van der Waals surface area contributed by atoms with Crippen LogP contribution in [0.5, 0.6) is 0 Å². The van der Waals surface area contributed by atoms with Crippen molar-refractivity contribution in [1.82, 2.24) is 0 Å². The van der Waals surface area contributed by atoms with Crippen molar-refractivity contribution in [3.8, 4) is 0 Å². The molecule has 5 nitrogen and oxygen atoms in total. The van der Waals surface area contributed by atoms with E-state index in [1.54, 1.807) is 13.8 Å². The molecule has 1 heterocycles. The summed E-state index contributed by atoms with van der Waals surface area (Å²) in [4.78, 5) is 23.3. The van der Waals surface area contributed by atoms with Crippen LogP contribution in [-0.2, 0) is 23.8 Å². The molecule has 0 aromatic carbocycles. The summed E-state index contributed by atoms with van der Waals surface area (Å²) in [5.41, 5.74) is -0.559. The number of cyclic esters (lactones) is 1. The molecule has 1 aliphatic rings. The Morgan fingerprint density at radius 2 is 2.00 bits per heavy atom. The van der Waals surface area contributed by atoms with Gasteiger partial charge >= 0.3 is 11.9 Å². The van der Waals surface area contributed by atoms with Gasteiger partial charge in [0.2, 0.25) is 5.79 Å². The molecule has 0 amide bonds. The number of carbonyl (C=O) groups is 2. The van der Waals surface area contributed by atoms with Gasteiger partial charge in [-0.1, -0.05) is 6.92 Å². The number of hydrogen-bond acceptors (Lipinski definition) is 5. The van der Waals surface area contributed by atoms with Gasteiger partial charge < -0.3 is 14.2 Å². The maximum absolute atomic E-state index is 11.9. The number of carbonyl (C=O) groups excluding carboxylic acids is 2. The highest BCUT2D eigenvalue weighted by molar-refractivity contribution is 5.77. The highest BCUT2D eigenvalue weighted by Crippen LogP contribution is 2.27. The van der Waals surface area contributed by atoms with E-state index in [0.29, 0.717) is 19.4 Å². The lowest BCUT2D eigenvalue weighted by molar-refractivity contribution is -0.237. The van der Waals surface area contributed by atoms with Crippen LogP contribution in [0, 0.1) is 5.41 Å². The molecule has 0 radical (unpaired) electrons. The standard InChI is InChI=1S/C13H22O5/c1-6-12(2,3)11(15)18-13(4,5)17-9-7-8-16-10(9)14/h9H,6-8H2,1-5H3. The number of ether oxygens (including phenoxy) is 3. The third-order valence-electron chi connectivity index (χ3n) is 3.09. The molecule has 5 heteroatoms. The van der Waals surface area contributed by atoms with Crippen molar-refractivity contribution in [2.75, 3.05) is 6.61 Å². The summed E-state index contributed by atoms with van der Waals surface area (Å²) in [5.74, 6) is -1.85. The summed E-state index contributed by atoms with van der Waals surface area (Å²) in [6.07, 6.45) is 0.530. The van der Waals surface area contributed by atoms with E-state index >= 15 is 0 Å². The molecule has 0 saturated carbocycles. The van der Waals surface area contributed by atoms with E-state index in [9.17, 15) is 9.59 Å². The lowest BCUT2D eigenvalue weighted by Gasteiger charge is -2.31. The maximum Gasteiger partial charge on any atom is 0.335 e. The zero-order chi connectivity index (χ0) is 14.0. The molecule has 1 fully saturated rings. The van der Waals surface area contributed by atoms with Crippen molar-refractivity contribution < 1.29 is 23.8 Å². The largest absolute Gasteiger partial charge is 0.464 e. The normalized spacial score (nSPS) is 20.7. The molecule has 104 valence electrons. The van der Waals surface area contributed by atoms with Crippen molar-refractivity contribution in [1.29, 1.82) is 0 Å². The summed E-state index contributed by atoms with van der Waals surface area (Å²) in [6.45, 7) is 9.16. The van der Waals surface area contributed by atoms with E-state index in [1.165, 1.54) is 0 Å². The smallest absolute Gasteiger partial charge is 0.335 e. The van der Waals surface area contributed by atoms with Gasteiger partial charge in [0.15, 0.2) is 6.10 Å². The monoisotopic (exact) mass is 258 g/mol. The van der Waals surface area contributed by atoms with Gasteiger partial charge in [0.25, 0.3) is 0 Å². The molecule has 1 saturated heterocycles. The van der Waals surface area contributed by atoms with E-state index in [4.69, 9.17) is 14.2 Å². The first-order valence-electron chi connectivity index (χ1n) is 6.26. The second-order valence-corrected chi connectivity index (χ2v) is 5.59. The summed E-state index contributed by atoms with van der Waals surface area (Å²) in [6, 6.07) is 0. The Hall–Kier alpha value is -1.10. The van der Waals surface area contributed by atoms with Gasteiger partial charge in [-0.2, -0.15) is 0 Å². The van der Waals surface area contributed by atoms with E-state index in [1.807, 2.05) is 20.8 Å². The van der Waals surface area contributed by atoms with Crippen LogP contribution in [0.1, 0.15) is 47.5 Å². The third-order valence-corrected chi connectivity index (χ3v) is 3.09. The zero-order valence-electron chi connectivity index (χ0n) is 11.7. The second kappa shape index (κ2) is 5.26. The minimum Gasteiger partial charge on any atom is -0.464 e. The van der Waals surface area contributed by atoms with Crippen molar-refractivity contribution in [2.45, 2.75) is 59.4 Å². The van der Waals surface area contributed by atoms with Crippen LogP contribution in [0.15, 0.2) is 0 Å². The van der Waals surface area contributed by atoms with Crippen LogP contribution in [0.2, 0.25) is 0 Å². The van der Waals surface area contributed by atoms with Crippen LogP contribution < -0.4 is 0 Å². The predicted molar refractivity (Wildman–Crippen MR) is 64.7 cm³/mol. The molecule has 0 aromatic heterocycles. The average molecular weight is 258 g/mol. The van der Waals surface area contributed by atoms with Crippen molar-refractivity contribution in [2.24, 2.45) is 5.41 Å². The zero-order valence-corrected chi connectivity index (χ0v) is 11.7. The first-order valence-corrected chi connectivity index (χ1v) is 6.26. The molecular weight excluding hydrogens is 236 g/mol. The fourth-order valence-corrected chi connectivity index (χ4v) is 1.46. The Morgan fingerprint density at radius 1 is 1.39 bits per heavy atom. The average Bonchev–Trinajstić information content (AvgIpc) is 2.63. The van der Waals surface area contributed by atoms with Gasteiger partial charge in [-0.05, 0) is 20.3 Å². The van der Waals surface area contributed by atoms with Gasteiger partial charge in [0.1, 0.15) is 0 Å². The summed E-state index contributed by atoms with van der Waals surface area (Å²) in [7, 11) is 0. The van der Waals surface area contributed by atoms with Crippen LogP contribution in [0.4, 0.5) is 0 Å². The minimum atomic E-state index is -1.13. The van der Waals surface area contributed by atoms with Gasteiger partial charge in [0, 0.05) is 20.3 Å². The summed E-state index contributed by atoms with van der Waals surface area (Å²) in [5, 5.41) is 0. The molecular formula is C13H22O5. The Kier molecular flexibility index (Phi) is 4.37. The van der Waals surface area contributed by atoms with Crippen molar-refractivity contribution >= 4 is 11.9 Å². The minimum absolute atomic E-state index is 0.332. The SMILES string of the molecule is CCC(C)(C)C(=O)OC(C)(C)OC1CCOC1=O. The fraction of sp³-hybridized carbons (Fsp3) is 0.846. The van der Waals surface area contributed by atoms with Crippen LogP contribution in [-0.4, -0.2) is 30.4 Å². The van der Waals surface area contributed by atoms with Crippen LogP contribution in [0.25, 0.3) is 0 Å². The topological polar surface area (TPSA) is 61.8 Å². The summed E-state index contributed by atoms with van der Waals surface area (Å²) >= 11 is 0. The maximum atomic E-state index is 11.9. The lowest BCUT2D eigenvalue weighted by atomic mass is 9.90. The molecule has 1 atom stereocenters. The lowest BCUT2D eigenvalue weighted by Crippen LogP contribution is -2.40. The quantitative estimate of drug-likeness (QED) is 0.558. The Bertz CT molecular complexity index is 332. The first-order chi connectivity index (χ1) is 8.18. The fourth-order valence-electron chi connectivity index (χ4n) is 1.46. The van der Waals surface area contributed by atoms with E-state index in [-0.39, 0.29) is 5.97 Å². The van der Waals surface area contributed by atoms with Gasteiger partial charge in [-0.15, -0.1) is 0 Å². The number of esters is 2. The Morgan fingerprint density at radius 3 is 2.44 bits per heavy atom. The molecule has 1 rings (SSSR count). The van der Waals surface area contributed by atoms with Gasteiger partial charge in [-0.3, -0.25) is 4.79 Å². The molecule has 1 unspecified atom stereocenters. The number of rotatable bonds is 5. The first kappa shape index (κ1) is 15.0. The van der Waals surface area contributed by atoms with E-state index in [0.717, 1.165) is 0 Å². The molecule has 0 aliphatic carbocycles. The molecule has 1 aliphatic heterocycles. The predicted octanol–water partition coefficient (Wildman–Crippen LogP) is 2.03. The van der Waals surface area contributed by atoms with Crippen molar-refractivity contribution in [3.63, 3.8) is 0 Å². The molecule has 0 bridgehead atoms. The van der Waals surface area contributed by atoms with Gasteiger partial charge in [0.05, 0.1) is 12.0 Å². The van der Waals surface area contributed by atoms with Gasteiger partial charge in [-0.25, -0.2) is 4.79 Å².